The maximum absolute atomic E-state index is 12.2. The molecule has 0 saturated carbocycles. The zero-order valence-electron chi connectivity index (χ0n) is 14.0. The SMILES string of the molecule is CCCCC(O)CCCN1C(C)(C)CCC(=O)C1(C)C. The number of rotatable bonds is 7. The van der Waals surface area contributed by atoms with E-state index in [1.165, 1.54) is 0 Å². The summed E-state index contributed by atoms with van der Waals surface area (Å²) in [6, 6.07) is 0. The van der Waals surface area contributed by atoms with Gasteiger partial charge < -0.3 is 5.11 Å². The molecule has 1 aliphatic rings. The fourth-order valence-corrected chi connectivity index (χ4v) is 3.42. The van der Waals surface area contributed by atoms with E-state index in [9.17, 15) is 9.90 Å². The lowest BCUT2D eigenvalue weighted by atomic mass is 9.78. The number of Topliss-reactive ketones (excluding diaryl/α,β-unsaturated/α-hetero) is 1. The summed E-state index contributed by atoms with van der Waals surface area (Å²) in [6.45, 7) is 11.6. The van der Waals surface area contributed by atoms with Gasteiger partial charge in [0.05, 0.1) is 11.6 Å². The van der Waals surface area contributed by atoms with Crippen molar-refractivity contribution < 1.29 is 9.90 Å². The van der Waals surface area contributed by atoms with Crippen LogP contribution in [0.15, 0.2) is 0 Å². The van der Waals surface area contributed by atoms with Crippen molar-refractivity contribution in [1.29, 1.82) is 0 Å². The summed E-state index contributed by atoms with van der Waals surface area (Å²) in [5, 5.41) is 9.94. The van der Waals surface area contributed by atoms with E-state index in [1.54, 1.807) is 0 Å². The first kappa shape index (κ1) is 17.6. The number of aliphatic hydroxyl groups is 1. The first-order chi connectivity index (χ1) is 9.21. The lowest BCUT2D eigenvalue weighted by Gasteiger charge is -2.51. The van der Waals surface area contributed by atoms with Gasteiger partial charge in [0.25, 0.3) is 0 Å². The van der Waals surface area contributed by atoms with Gasteiger partial charge in [-0.2, -0.15) is 0 Å². The zero-order valence-corrected chi connectivity index (χ0v) is 14.0. The number of hydrogen-bond acceptors (Lipinski definition) is 3. The Morgan fingerprint density at radius 3 is 2.40 bits per heavy atom. The van der Waals surface area contributed by atoms with E-state index in [0.29, 0.717) is 12.2 Å². The minimum atomic E-state index is -0.365. The van der Waals surface area contributed by atoms with E-state index in [-0.39, 0.29) is 17.2 Å². The molecule has 1 heterocycles. The normalized spacial score (nSPS) is 23.8. The second-order valence-corrected chi connectivity index (χ2v) is 7.38. The maximum Gasteiger partial charge on any atom is 0.152 e. The van der Waals surface area contributed by atoms with E-state index in [1.807, 2.05) is 13.8 Å². The average Bonchev–Trinajstić information content (AvgIpc) is 2.36. The van der Waals surface area contributed by atoms with Crippen LogP contribution in [0.5, 0.6) is 0 Å². The highest BCUT2D eigenvalue weighted by atomic mass is 16.3. The Morgan fingerprint density at radius 1 is 1.20 bits per heavy atom. The standard InChI is InChI=1S/C17H33NO2/c1-6-7-9-14(19)10-8-13-18-16(2,3)12-11-15(20)17(18,4)5/h14,19H,6-13H2,1-5H3. The molecule has 0 bridgehead atoms. The largest absolute Gasteiger partial charge is 0.393 e. The molecule has 1 unspecified atom stereocenters. The van der Waals surface area contributed by atoms with E-state index < -0.39 is 0 Å². The molecule has 0 aromatic heterocycles. The highest BCUT2D eigenvalue weighted by Crippen LogP contribution is 2.36. The van der Waals surface area contributed by atoms with Gasteiger partial charge in [0.2, 0.25) is 0 Å². The molecule has 1 atom stereocenters. The summed E-state index contributed by atoms with van der Waals surface area (Å²) in [4.78, 5) is 14.5. The molecule has 1 fully saturated rings. The molecule has 1 aliphatic heterocycles. The number of unbranched alkanes of at least 4 members (excludes halogenated alkanes) is 1. The van der Waals surface area contributed by atoms with Crippen LogP contribution in [0.4, 0.5) is 0 Å². The highest BCUT2D eigenvalue weighted by Gasteiger charge is 2.45. The van der Waals surface area contributed by atoms with Gasteiger partial charge in [0.1, 0.15) is 0 Å². The number of carbonyl (C=O) groups is 1. The van der Waals surface area contributed by atoms with Gasteiger partial charge in [0.15, 0.2) is 5.78 Å². The van der Waals surface area contributed by atoms with Crippen molar-refractivity contribution >= 4 is 5.78 Å². The summed E-state index contributed by atoms with van der Waals surface area (Å²) in [5.74, 6) is 0.350. The third kappa shape index (κ3) is 4.29. The second-order valence-electron chi connectivity index (χ2n) is 7.38. The molecule has 0 aliphatic carbocycles. The molecular formula is C17H33NO2. The third-order valence-corrected chi connectivity index (χ3v) is 4.86. The van der Waals surface area contributed by atoms with Crippen molar-refractivity contribution in [2.24, 2.45) is 0 Å². The van der Waals surface area contributed by atoms with Gasteiger partial charge in [-0.15, -0.1) is 0 Å². The maximum atomic E-state index is 12.2. The van der Waals surface area contributed by atoms with Crippen LogP contribution in [0.25, 0.3) is 0 Å². The molecular weight excluding hydrogens is 250 g/mol. The van der Waals surface area contributed by atoms with Crippen LogP contribution in [-0.2, 0) is 4.79 Å². The molecule has 118 valence electrons. The predicted molar refractivity (Wildman–Crippen MR) is 83.9 cm³/mol. The molecule has 0 spiro atoms. The quantitative estimate of drug-likeness (QED) is 0.777. The molecule has 0 radical (unpaired) electrons. The molecule has 1 N–H and O–H groups in total. The second kappa shape index (κ2) is 7.04. The molecule has 0 aromatic rings. The average molecular weight is 283 g/mol. The number of likely N-dealkylation sites (tertiary alicyclic amines) is 1. The fraction of sp³-hybridized carbons (Fsp3) is 0.941. The van der Waals surface area contributed by atoms with Crippen molar-refractivity contribution in [3.8, 4) is 0 Å². The Balaban J connectivity index is 2.52. The Hall–Kier alpha value is -0.410. The number of aliphatic hydroxyl groups excluding tert-OH is 1. The molecule has 0 aromatic carbocycles. The number of nitrogens with zero attached hydrogens (tertiary/aromatic N) is 1. The monoisotopic (exact) mass is 283 g/mol. The van der Waals surface area contributed by atoms with Gasteiger partial charge in [-0.1, -0.05) is 19.8 Å². The van der Waals surface area contributed by atoms with Crippen LogP contribution < -0.4 is 0 Å². The van der Waals surface area contributed by atoms with E-state index >= 15 is 0 Å². The molecule has 1 rings (SSSR count). The topological polar surface area (TPSA) is 40.5 Å². The third-order valence-electron chi connectivity index (χ3n) is 4.86. The molecule has 3 nitrogen and oxygen atoms in total. The molecule has 3 heteroatoms. The van der Waals surface area contributed by atoms with Crippen LogP contribution in [0.2, 0.25) is 0 Å². The number of piperidine rings is 1. The van der Waals surface area contributed by atoms with Crippen molar-refractivity contribution in [3.05, 3.63) is 0 Å². The van der Waals surface area contributed by atoms with Crippen LogP contribution in [0.1, 0.15) is 79.6 Å². The van der Waals surface area contributed by atoms with Crippen molar-refractivity contribution in [2.75, 3.05) is 6.54 Å². The summed E-state index contributed by atoms with van der Waals surface area (Å²) >= 11 is 0. The Kier molecular flexibility index (Phi) is 6.21. The Morgan fingerprint density at radius 2 is 1.80 bits per heavy atom. The smallest absolute Gasteiger partial charge is 0.152 e. The van der Waals surface area contributed by atoms with Crippen LogP contribution >= 0.6 is 0 Å². The van der Waals surface area contributed by atoms with Crippen LogP contribution in [0, 0.1) is 0 Å². The first-order valence-electron chi connectivity index (χ1n) is 8.21. The van der Waals surface area contributed by atoms with Gasteiger partial charge in [0, 0.05) is 12.0 Å². The van der Waals surface area contributed by atoms with Crippen molar-refractivity contribution in [3.63, 3.8) is 0 Å². The molecule has 1 saturated heterocycles. The number of carbonyl (C=O) groups excluding carboxylic acids is 1. The molecule has 20 heavy (non-hydrogen) atoms. The first-order valence-corrected chi connectivity index (χ1v) is 8.21. The van der Waals surface area contributed by atoms with Gasteiger partial charge in [-0.25, -0.2) is 0 Å². The Labute approximate surface area is 124 Å². The molecule has 0 amide bonds. The van der Waals surface area contributed by atoms with E-state index in [0.717, 1.165) is 45.1 Å². The fourth-order valence-electron chi connectivity index (χ4n) is 3.42. The summed E-state index contributed by atoms with van der Waals surface area (Å²) in [5.41, 5.74) is -0.290. The number of ketones is 1. The van der Waals surface area contributed by atoms with E-state index in [4.69, 9.17) is 0 Å². The summed E-state index contributed by atoms with van der Waals surface area (Å²) < 4.78 is 0. The summed E-state index contributed by atoms with van der Waals surface area (Å²) in [6.07, 6.45) is 6.40. The number of hydrogen-bond donors (Lipinski definition) is 1. The van der Waals surface area contributed by atoms with Gasteiger partial charge in [-0.3, -0.25) is 9.69 Å². The van der Waals surface area contributed by atoms with Crippen LogP contribution in [0.3, 0.4) is 0 Å². The van der Waals surface area contributed by atoms with Gasteiger partial charge >= 0.3 is 0 Å². The highest BCUT2D eigenvalue weighted by molar-refractivity contribution is 5.88. The zero-order chi connectivity index (χ0) is 15.4. The van der Waals surface area contributed by atoms with Crippen molar-refractivity contribution in [2.45, 2.75) is 96.7 Å². The van der Waals surface area contributed by atoms with Gasteiger partial charge in [-0.05, 0) is 59.9 Å². The summed E-state index contributed by atoms with van der Waals surface area (Å²) in [7, 11) is 0. The van der Waals surface area contributed by atoms with E-state index in [2.05, 4.69) is 25.7 Å². The van der Waals surface area contributed by atoms with Crippen LogP contribution in [-0.4, -0.2) is 39.5 Å². The lowest BCUT2D eigenvalue weighted by Crippen LogP contribution is -2.63. The van der Waals surface area contributed by atoms with Crippen molar-refractivity contribution in [1.82, 2.24) is 4.90 Å². The lowest BCUT2D eigenvalue weighted by molar-refractivity contribution is -0.140. The minimum Gasteiger partial charge on any atom is -0.393 e. The minimum absolute atomic E-state index is 0.0752. The predicted octanol–water partition coefficient (Wildman–Crippen LogP) is 3.54. The Bertz CT molecular complexity index is 323.